The third kappa shape index (κ3) is 2.71. The van der Waals surface area contributed by atoms with Gasteiger partial charge in [0.15, 0.2) is 5.82 Å². The molecular weight excluding hydrogens is 346 g/mol. The molecule has 1 aliphatic heterocycles. The van der Waals surface area contributed by atoms with Crippen molar-refractivity contribution in [3.63, 3.8) is 0 Å². The number of carbonyl (C=O) groups excluding carboxylic acids is 2. The molecule has 0 spiro atoms. The van der Waals surface area contributed by atoms with Gasteiger partial charge in [0.1, 0.15) is 29.7 Å². The first-order valence-electron chi connectivity index (χ1n) is 6.95. The summed E-state index contributed by atoms with van der Waals surface area (Å²) in [5.41, 5.74) is 1.39. The molecule has 1 aromatic carbocycles. The summed E-state index contributed by atoms with van der Waals surface area (Å²) in [4.78, 5) is 36.1. The van der Waals surface area contributed by atoms with Crippen LogP contribution in [0.4, 0.5) is 5.82 Å². The number of amides is 2. The second-order valence-electron chi connectivity index (χ2n) is 5.10. The Balaban J connectivity index is 2.43. The van der Waals surface area contributed by atoms with E-state index in [9.17, 15) is 24.9 Å². The summed E-state index contributed by atoms with van der Waals surface area (Å²) >= 11 is 5.85. The van der Waals surface area contributed by atoms with Crippen molar-refractivity contribution >= 4 is 29.2 Å². The van der Waals surface area contributed by atoms with Gasteiger partial charge in [-0.1, -0.05) is 23.7 Å². The van der Waals surface area contributed by atoms with Gasteiger partial charge in [0.2, 0.25) is 11.8 Å². The van der Waals surface area contributed by atoms with Gasteiger partial charge < -0.3 is 5.32 Å². The number of aromatic nitrogens is 1. The zero-order valence-electron chi connectivity index (χ0n) is 12.5. The van der Waals surface area contributed by atoms with Gasteiger partial charge in [-0.2, -0.15) is 15.2 Å². The number of pyridine rings is 1. The largest absolute Gasteiger partial charge is 0.309 e. The minimum absolute atomic E-state index is 0.0642. The molecule has 1 aromatic heterocycles. The summed E-state index contributed by atoms with van der Waals surface area (Å²) in [6.45, 7) is 0. The van der Waals surface area contributed by atoms with E-state index in [-0.39, 0.29) is 22.5 Å². The molecule has 0 saturated heterocycles. The number of anilines is 1. The Morgan fingerprint density at radius 1 is 1.00 bits per heavy atom. The van der Waals surface area contributed by atoms with Gasteiger partial charge in [0.25, 0.3) is 5.56 Å². The topological polar surface area (TPSA) is 128 Å². The van der Waals surface area contributed by atoms with Crippen LogP contribution < -0.4 is 16.3 Å². The van der Waals surface area contributed by atoms with Gasteiger partial charge in [0, 0.05) is 10.6 Å². The smallest absolute Gasteiger partial charge is 0.289 e. The van der Waals surface area contributed by atoms with Crippen LogP contribution in [0.2, 0.25) is 5.02 Å². The van der Waals surface area contributed by atoms with Crippen LogP contribution in [-0.2, 0) is 9.59 Å². The molecule has 0 saturated carbocycles. The Morgan fingerprint density at radius 2 is 1.64 bits per heavy atom. The molecule has 0 unspecified atom stereocenters. The number of nitrogens with zero attached hydrogens (tertiary/aromatic N) is 3. The third-order valence-corrected chi connectivity index (χ3v) is 3.80. The van der Waals surface area contributed by atoms with E-state index in [0.29, 0.717) is 15.3 Å². The Labute approximate surface area is 145 Å². The van der Waals surface area contributed by atoms with E-state index in [1.54, 1.807) is 30.3 Å². The molecule has 0 radical (unpaired) electrons. The minimum Gasteiger partial charge on any atom is -0.309 e. The number of carbonyl (C=O) groups is 2. The molecule has 2 N–H and O–H groups in total. The van der Waals surface area contributed by atoms with Gasteiger partial charge in [-0.25, -0.2) is 0 Å². The number of hydrogen-bond acceptors (Lipinski definition) is 5. The molecule has 2 heterocycles. The fourth-order valence-electron chi connectivity index (χ4n) is 2.50. The standard InChI is InChI=1S/C16H8ClN5O3/c17-9-3-1-8(2-4-9)14-10(6-18)15-20-12(23)5-13(24)21-22(15)16(25)11(14)7-19/h1-4H,5H2,(H,20,23)(H,21,24). The van der Waals surface area contributed by atoms with Gasteiger partial charge in [-0.05, 0) is 17.7 Å². The number of nitrogens with one attached hydrogen (secondary N) is 2. The van der Waals surface area contributed by atoms with Crippen molar-refractivity contribution in [3.05, 3.63) is 50.8 Å². The maximum absolute atomic E-state index is 12.6. The van der Waals surface area contributed by atoms with Crippen molar-refractivity contribution in [3.8, 4) is 23.3 Å². The van der Waals surface area contributed by atoms with E-state index in [4.69, 9.17) is 11.6 Å². The lowest BCUT2D eigenvalue weighted by atomic mass is 9.96. The zero-order chi connectivity index (χ0) is 18.1. The maximum Gasteiger partial charge on any atom is 0.289 e. The second kappa shape index (κ2) is 6.11. The molecule has 0 aliphatic carbocycles. The summed E-state index contributed by atoms with van der Waals surface area (Å²) < 4.78 is 0.712. The van der Waals surface area contributed by atoms with Crippen molar-refractivity contribution in [2.75, 3.05) is 10.7 Å². The van der Waals surface area contributed by atoms with Crippen LogP contribution in [0.25, 0.3) is 11.1 Å². The summed E-state index contributed by atoms with van der Waals surface area (Å²) in [7, 11) is 0. The van der Waals surface area contributed by atoms with Crippen molar-refractivity contribution in [2.24, 2.45) is 0 Å². The third-order valence-electron chi connectivity index (χ3n) is 3.55. The summed E-state index contributed by atoms with van der Waals surface area (Å²) in [5.74, 6) is -1.59. The molecule has 0 fully saturated rings. The van der Waals surface area contributed by atoms with Crippen LogP contribution in [0.5, 0.6) is 0 Å². The van der Waals surface area contributed by atoms with Gasteiger partial charge in [-0.15, -0.1) is 0 Å². The Kier molecular flexibility index (Phi) is 3.97. The lowest BCUT2D eigenvalue weighted by Crippen LogP contribution is -2.34. The van der Waals surface area contributed by atoms with Crippen molar-refractivity contribution < 1.29 is 9.59 Å². The highest BCUT2D eigenvalue weighted by molar-refractivity contribution is 6.30. The summed E-state index contributed by atoms with van der Waals surface area (Å²) in [5, 5.41) is 21.8. The van der Waals surface area contributed by atoms with Gasteiger partial charge >= 0.3 is 0 Å². The normalized spacial score (nSPS) is 12.9. The molecule has 8 nitrogen and oxygen atoms in total. The van der Waals surface area contributed by atoms with Crippen molar-refractivity contribution in [1.82, 2.24) is 4.68 Å². The molecule has 2 amide bonds. The number of benzene rings is 1. The first kappa shape index (κ1) is 16.2. The maximum atomic E-state index is 12.6. The van der Waals surface area contributed by atoms with Crippen molar-refractivity contribution in [1.29, 1.82) is 10.5 Å². The summed E-state index contributed by atoms with van der Waals surface area (Å²) in [6, 6.07) is 9.85. The quantitative estimate of drug-likeness (QED) is 0.747. The highest BCUT2D eigenvalue weighted by Crippen LogP contribution is 2.31. The molecular formula is C16H8ClN5O3. The van der Waals surface area contributed by atoms with E-state index in [2.05, 4.69) is 10.7 Å². The SMILES string of the molecule is N#Cc1c(-c2ccc(Cl)cc2)c(C#N)c(=O)n2c1NC(=O)CC(=O)N2. The Morgan fingerprint density at radius 3 is 2.24 bits per heavy atom. The van der Waals surface area contributed by atoms with Crippen LogP contribution in [0, 0.1) is 22.7 Å². The van der Waals surface area contributed by atoms with Crippen LogP contribution in [0.15, 0.2) is 29.1 Å². The molecule has 122 valence electrons. The predicted molar refractivity (Wildman–Crippen MR) is 88.2 cm³/mol. The molecule has 0 atom stereocenters. The number of hydrogen-bond donors (Lipinski definition) is 2. The van der Waals surface area contributed by atoms with Gasteiger partial charge in [0.05, 0.1) is 0 Å². The fraction of sp³-hybridized carbons (Fsp3) is 0.0625. The molecule has 25 heavy (non-hydrogen) atoms. The molecule has 1 aliphatic rings. The second-order valence-corrected chi connectivity index (χ2v) is 5.54. The Bertz CT molecular complexity index is 1060. The van der Waals surface area contributed by atoms with E-state index in [0.717, 1.165) is 0 Å². The number of halogens is 1. The molecule has 9 heteroatoms. The number of nitriles is 2. The molecule has 3 rings (SSSR count). The molecule has 2 aromatic rings. The number of rotatable bonds is 1. The lowest BCUT2D eigenvalue weighted by molar-refractivity contribution is -0.123. The van der Waals surface area contributed by atoms with E-state index in [1.807, 2.05) is 6.07 Å². The average Bonchev–Trinajstić information content (AvgIpc) is 2.73. The van der Waals surface area contributed by atoms with Crippen LogP contribution in [0.1, 0.15) is 17.5 Å². The predicted octanol–water partition coefficient (Wildman–Crippen LogP) is 1.32. The van der Waals surface area contributed by atoms with E-state index in [1.165, 1.54) is 0 Å². The molecule has 0 bridgehead atoms. The average molecular weight is 354 g/mol. The van der Waals surface area contributed by atoms with E-state index < -0.39 is 23.8 Å². The first-order chi connectivity index (χ1) is 12.0. The number of fused-ring (bicyclic) bond motifs is 1. The van der Waals surface area contributed by atoms with Crippen LogP contribution in [0.3, 0.4) is 0 Å². The van der Waals surface area contributed by atoms with Crippen LogP contribution in [-0.4, -0.2) is 16.5 Å². The summed E-state index contributed by atoms with van der Waals surface area (Å²) in [6.07, 6.45) is -0.510. The highest BCUT2D eigenvalue weighted by atomic mass is 35.5. The zero-order valence-corrected chi connectivity index (χ0v) is 13.2. The van der Waals surface area contributed by atoms with Crippen molar-refractivity contribution in [2.45, 2.75) is 6.42 Å². The van der Waals surface area contributed by atoms with Gasteiger partial charge in [-0.3, -0.25) is 19.8 Å². The first-order valence-corrected chi connectivity index (χ1v) is 7.33. The van der Waals surface area contributed by atoms with E-state index >= 15 is 0 Å². The Hall–Kier alpha value is -3.62. The lowest BCUT2D eigenvalue weighted by Gasteiger charge is -2.16. The fourth-order valence-corrected chi connectivity index (χ4v) is 2.63. The minimum atomic E-state index is -0.850. The highest BCUT2D eigenvalue weighted by Gasteiger charge is 2.28. The monoisotopic (exact) mass is 353 g/mol. The van der Waals surface area contributed by atoms with Crippen LogP contribution >= 0.6 is 11.6 Å².